The number of hydrogen-bond donors (Lipinski definition) is 11. The van der Waals surface area contributed by atoms with Crippen molar-refractivity contribution >= 4 is 41.5 Å². The van der Waals surface area contributed by atoms with E-state index >= 15 is 0 Å². The van der Waals surface area contributed by atoms with Crippen LogP contribution in [-0.4, -0.2) is 111 Å². The molecule has 14 N–H and O–H groups in total. The van der Waals surface area contributed by atoms with Crippen molar-refractivity contribution in [2.24, 2.45) is 28.1 Å². The van der Waals surface area contributed by atoms with Gasteiger partial charge in [-0.3, -0.25) is 29.0 Å². The van der Waals surface area contributed by atoms with Crippen LogP contribution in [0.4, 0.5) is 0 Å². The van der Waals surface area contributed by atoms with Crippen LogP contribution in [0.1, 0.15) is 52.9 Å². The minimum Gasteiger partial charge on any atom is -0.481 e. The molecule has 6 atom stereocenters. The van der Waals surface area contributed by atoms with Gasteiger partial charge < -0.3 is 58.9 Å². The zero-order valence-electron chi connectivity index (χ0n) is 23.9. The first-order valence-corrected chi connectivity index (χ1v) is 13.3. The van der Waals surface area contributed by atoms with Gasteiger partial charge in [-0.2, -0.15) is 0 Å². The Balaban J connectivity index is 5.93. The van der Waals surface area contributed by atoms with E-state index in [-0.39, 0.29) is 37.7 Å². The van der Waals surface area contributed by atoms with Crippen LogP contribution in [0.25, 0.3) is 0 Å². The molecule has 0 rings (SSSR count). The van der Waals surface area contributed by atoms with Crippen molar-refractivity contribution in [2.75, 3.05) is 13.2 Å². The third-order valence-corrected chi connectivity index (χ3v) is 5.82. The van der Waals surface area contributed by atoms with E-state index in [4.69, 9.17) is 22.3 Å². The number of carboxylic acids is 2. The summed E-state index contributed by atoms with van der Waals surface area (Å²) in [5.74, 6) is -6.80. The lowest BCUT2D eigenvalue weighted by Gasteiger charge is -2.26. The van der Waals surface area contributed by atoms with Crippen LogP contribution in [0.15, 0.2) is 4.99 Å². The van der Waals surface area contributed by atoms with Crippen molar-refractivity contribution in [1.29, 1.82) is 0 Å². The van der Waals surface area contributed by atoms with Crippen molar-refractivity contribution in [3.63, 3.8) is 0 Å². The average molecular weight is 605 g/mol. The Kier molecular flexibility index (Phi) is 17.3. The van der Waals surface area contributed by atoms with Gasteiger partial charge in [-0.15, -0.1) is 0 Å². The molecule has 42 heavy (non-hydrogen) atoms. The van der Waals surface area contributed by atoms with Crippen molar-refractivity contribution in [1.82, 2.24) is 21.3 Å². The highest BCUT2D eigenvalue weighted by molar-refractivity contribution is 5.95. The Bertz CT molecular complexity index is 971. The van der Waals surface area contributed by atoms with Crippen LogP contribution >= 0.6 is 0 Å². The number of nitrogens with zero attached hydrogens (tertiary/aromatic N) is 1. The van der Waals surface area contributed by atoms with E-state index in [1.165, 1.54) is 6.92 Å². The standard InChI is InChI=1S/C24H44N8O10/c1-11(2)9-15(23(41)42)31-20(38)14(6-7-17(35)36)30-19(37)13(5-4-8-28-24(26)27)29-21(39)16(10-33)32-22(40)18(25)12(3)34/h11-16,18,33-34H,4-10,25H2,1-3H3,(H,29,39)(H,30,37)(H,31,38)(H,32,40)(H,35,36)(H,41,42)(H4,26,27,28)/t12-,13+,14+,15-,16+,18+/m0/s1. The minimum absolute atomic E-state index is 0.0454. The molecule has 0 radical (unpaired) electrons. The van der Waals surface area contributed by atoms with Gasteiger partial charge in [-0.05, 0) is 38.5 Å². The predicted octanol–water partition coefficient (Wildman–Crippen LogP) is -4.32. The number of amides is 4. The molecule has 0 saturated carbocycles. The van der Waals surface area contributed by atoms with E-state index in [0.717, 1.165) is 0 Å². The lowest BCUT2D eigenvalue weighted by atomic mass is 10.0. The Morgan fingerprint density at radius 3 is 1.67 bits per heavy atom. The van der Waals surface area contributed by atoms with Gasteiger partial charge in [0.15, 0.2) is 5.96 Å². The van der Waals surface area contributed by atoms with Gasteiger partial charge in [0, 0.05) is 13.0 Å². The lowest BCUT2D eigenvalue weighted by molar-refractivity contribution is -0.143. The van der Waals surface area contributed by atoms with E-state index in [2.05, 4.69) is 26.3 Å². The van der Waals surface area contributed by atoms with Gasteiger partial charge in [0.25, 0.3) is 0 Å². The molecule has 0 unspecified atom stereocenters. The van der Waals surface area contributed by atoms with Crippen LogP contribution in [0.3, 0.4) is 0 Å². The molecular formula is C24H44N8O10. The molecule has 0 heterocycles. The summed E-state index contributed by atoms with van der Waals surface area (Å²) in [4.78, 5) is 77.8. The summed E-state index contributed by atoms with van der Waals surface area (Å²) >= 11 is 0. The summed E-state index contributed by atoms with van der Waals surface area (Å²) in [5, 5.41) is 46.8. The van der Waals surface area contributed by atoms with Gasteiger partial charge in [0.1, 0.15) is 30.2 Å². The fourth-order valence-corrected chi connectivity index (χ4v) is 3.50. The molecule has 0 aliphatic heterocycles. The van der Waals surface area contributed by atoms with Crippen molar-refractivity contribution < 1.29 is 49.2 Å². The maximum atomic E-state index is 13.2. The van der Waals surface area contributed by atoms with Crippen LogP contribution < -0.4 is 38.5 Å². The van der Waals surface area contributed by atoms with E-state index < -0.39 is 91.3 Å². The molecule has 240 valence electrons. The largest absolute Gasteiger partial charge is 0.481 e. The monoisotopic (exact) mass is 604 g/mol. The first-order valence-electron chi connectivity index (χ1n) is 13.3. The van der Waals surface area contributed by atoms with Crippen LogP contribution in [-0.2, 0) is 28.8 Å². The SMILES string of the molecule is CC(C)C[C@H](NC(=O)[C@@H](CCC(=O)O)NC(=O)[C@@H](CCCN=C(N)N)NC(=O)[C@@H](CO)NC(=O)[C@H](N)[C@H](C)O)C(=O)O. The van der Waals surface area contributed by atoms with Crippen LogP contribution in [0, 0.1) is 5.92 Å². The Labute approximate surface area is 242 Å². The number of carboxylic acid groups (broad SMARTS) is 2. The molecule has 0 aromatic rings. The molecule has 18 heteroatoms. The molecule has 18 nitrogen and oxygen atoms in total. The minimum atomic E-state index is -1.58. The molecule has 0 aliphatic carbocycles. The first-order chi connectivity index (χ1) is 19.5. The summed E-state index contributed by atoms with van der Waals surface area (Å²) in [6, 6.07) is -7.18. The van der Waals surface area contributed by atoms with Gasteiger partial charge in [-0.1, -0.05) is 13.8 Å². The molecule has 0 saturated heterocycles. The number of aliphatic carboxylic acids is 2. The number of hydrogen-bond acceptors (Lipinski definition) is 10. The number of carbonyl (C=O) groups is 6. The second kappa shape index (κ2) is 19.2. The number of nitrogens with one attached hydrogen (secondary N) is 4. The summed E-state index contributed by atoms with van der Waals surface area (Å²) in [6.45, 7) is 3.86. The quantitative estimate of drug-likeness (QED) is 0.0356. The third-order valence-electron chi connectivity index (χ3n) is 5.82. The van der Waals surface area contributed by atoms with E-state index in [0.29, 0.717) is 0 Å². The molecule has 0 aromatic carbocycles. The molecular weight excluding hydrogens is 560 g/mol. The molecule has 0 spiro atoms. The fraction of sp³-hybridized carbons (Fsp3) is 0.708. The number of rotatable bonds is 20. The Morgan fingerprint density at radius 1 is 0.762 bits per heavy atom. The zero-order valence-corrected chi connectivity index (χ0v) is 23.9. The highest BCUT2D eigenvalue weighted by Gasteiger charge is 2.32. The van der Waals surface area contributed by atoms with Crippen molar-refractivity contribution in [3.05, 3.63) is 0 Å². The topological polar surface area (TPSA) is 322 Å². The smallest absolute Gasteiger partial charge is 0.326 e. The fourth-order valence-electron chi connectivity index (χ4n) is 3.50. The molecule has 0 aliphatic rings. The molecule has 0 fully saturated rings. The summed E-state index contributed by atoms with van der Waals surface area (Å²) in [7, 11) is 0. The number of aliphatic hydroxyl groups is 2. The van der Waals surface area contributed by atoms with Crippen LogP contribution in [0.5, 0.6) is 0 Å². The molecule has 0 aromatic heterocycles. The van der Waals surface area contributed by atoms with Gasteiger partial charge >= 0.3 is 11.9 Å². The summed E-state index contributed by atoms with van der Waals surface area (Å²) in [5.41, 5.74) is 16.1. The Morgan fingerprint density at radius 2 is 1.24 bits per heavy atom. The van der Waals surface area contributed by atoms with Crippen molar-refractivity contribution in [2.45, 2.75) is 89.2 Å². The number of aliphatic imine (C=N–C) groups is 1. The number of aliphatic hydroxyl groups excluding tert-OH is 2. The van der Waals surface area contributed by atoms with E-state index in [1.54, 1.807) is 13.8 Å². The van der Waals surface area contributed by atoms with E-state index in [9.17, 15) is 44.1 Å². The van der Waals surface area contributed by atoms with Gasteiger partial charge in [0.05, 0.1) is 12.7 Å². The number of guanidine groups is 1. The highest BCUT2D eigenvalue weighted by Crippen LogP contribution is 2.08. The highest BCUT2D eigenvalue weighted by atomic mass is 16.4. The summed E-state index contributed by atoms with van der Waals surface area (Å²) in [6.07, 6.45) is -2.12. The normalized spacial score (nSPS) is 15.2. The maximum Gasteiger partial charge on any atom is 0.326 e. The number of carbonyl (C=O) groups excluding carboxylic acids is 4. The van der Waals surface area contributed by atoms with Gasteiger partial charge in [0.2, 0.25) is 23.6 Å². The first kappa shape index (κ1) is 38.0. The summed E-state index contributed by atoms with van der Waals surface area (Å²) < 4.78 is 0. The second-order valence-corrected chi connectivity index (χ2v) is 10.0. The Hall–Kier alpha value is -4.03. The van der Waals surface area contributed by atoms with E-state index in [1.807, 2.05) is 0 Å². The number of nitrogens with two attached hydrogens (primary N) is 3. The predicted molar refractivity (Wildman–Crippen MR) is 148 cm³/mol. The third kappa shape index (κ3) is 15.1. The zero-order chi connectivity index (χ0) is 32.6. The van der Waals surface area contributed by atoms with Gasteiger partial charge in [-0.25, -0.2) is 4.79 Å². The lowest BCUT2D eigenvalue weighted by Crippen LogP contribution is -2.59. The molecule has 0 bridgehead atoms. The average Bonchev–Trinajstić information content (AvgIpc) is 2.89. The maximum absolute atomic E-state index is 13.2. The van der Waals surface area contributed by atoms with Crippen LogP contribution in [0.2, 0.25) is 0 Å². The second-order valence-electron chi connectivity index (χ2n) is 10.0. The molecule has 4 amide bonds. The van der Waals surface area contributed by atoms with Crippen molar-refractivity contribution in [3.8, 4) is 0 Å².